The predicted molar refractivity (Wildman–Crippen MR) is 93.9 cm³/mol. The third kappa shape index (κ3) is 3.17. The van der Waals surface area contributed by atoms with Gasteiger partial charge in [-0.05, 0) is 18.2 Å². The van der Waals surface area contributed by atoms with Crippen molar-refractivity contribution in [3.05, 3.63) is 30.1 Å². The number of pyridine rings is 1. The average molecular weight is 358 g/mol. The number of aliphatic carboxylic acids is 1. The third-order valence-corrected chi connectivity index (χ3v) is 5.14. The van der Waals surface area contributed by atoms with Crippen LogP contribution in [0.2, 0.25) is 0 Å². The fourth-order valence-corrected chi connectivity index (χ4v) is 3.88. The first-order valence-corrected chi connectivity index (χ1v) is 8.76. The number of nitrogens with zero attached hydrogens (tertiary/aromatic N) is 4. The van der Waals surface area contributed by atoms with Gasteiger partial charge in [0, 0.05) is 44.2 Å². The zero-order valence-electron chi connectivity index (χ0n) is 14.7. The minimum Gasteiger partial charge on any atom is -0.480 e. The molecule has 4 heterocycles. The molecular weight excluding hydrogens is 336 g/mol. The molecule has 4 rings (SSSR count). The maximum Gasteiger partial charge on any atom is 0.317 e. The molecular formula is C18H22N4O4. The molecule has 2 saturated heterocycles. The Morgan fingerprint density at radius 2 is 2.08 bits per heavy atom. The van der Waals surface area contributed by atoms with Gasteiger partial charge in [0.25, 0.3) is 5.91 Å². The topological polar surface area (TPSA) is 87.9 Å². The van der Waals surface area contributed by atoms with Crippen LogP contribution >= 0.6 is 0 Å². The Kier molecular flexibility index (Phi) is 4.37. The monoisotopic (exact) mass is 358 g/mol. The van der Waals surface area contributed by atoms with Crippen LogP contribution in [0.3, 0.4) is 0 Å². The van der Waals surface area contributed by atoms with Crippen molar-refractivity contribution in [2.75, 3.05) is 39.4 Å². The van der Waals surface area contributed by atoms with Crippen molar-refractivity contribution in [1.29, 1.82) is 0 Å². The fraction of sp³-hybridized carbons (Fsp3) is 0.500. The van der Waals surface area contributed by atoms with Crippen LogP contribution in [0.4, 0.5) is 0 Å². The molecule has 2 aliphatic rings. The molecule has 0 saturated carbocycles. The summed E-state index contributed by atoms with van der Waals surface area (Å²) in [7, 11) is 1.90. The lowest BCUT2D eigenvalue weighted by molar-refractivity contribution is -0.139. The van der Waals surface area contributed by atoms with E-state index >= 15 is 0 Å². The van der Waals surface area contributed by atoms with Gasteiger partial charge in [-0.1, -0.05) is 0 Å². The van der Waals surface area contributed by atoms with Gasteiger partial charge >= 0.3 is 5.97 Å². The van der Waals surface area contributed by atoms with Crippen molar-refractivity contribution < 1.29 is 19.4 Å². The predicted octanol–water partition coefficient (Wildman–Crippen LogP) is 0.431. The van der Waals surface area contributed by atoms with Crippen LogP contribution < -0.4 is 0 Å². The molecule has 2 bridgehead atoms. The van der Waals surface area contributed by atoms with Crippen molar-refractivity contribution in [3.63, 3.8) is 0 Å². The molecule has 0 spiro atoms. The lowest BCUT2D eigenvalue weighted by Gasteiger charge is -2.30. The van der Waals surface area contributed by atoms with E-state index in [1.165, 1.54) is 0 Å². The van der Waals surface area contributed by atoms with E-state index in [9.17, 15) is 9.59 Å². The fourth-order valence-electron chi connectivity index (χ4n) is 3.88. The highest BCUT2D eigenvalue weighted by molar-refractivity contribution is 5.94. The van der Waals surface area contributed by atoms with Crippen LogP contribution in [0.1, 0.15) is 10.5 Å². The van der Waals surface area contributed by atoms with Crippen LogP contribution in [-0.2, 0) is 16.6 Å². The van der Waals surface area contributed by atoms with Crippen LogP contribution in [0, 0.1) is 5.92 Å². The third-order valence-electron chi connectivity index (χ3n) is 5.14. The summed E-state index contributed by atoms with van der Waals surface area (Å²) in [5, 5.41) is 10.2. The summed E-state index contributed by atoms with van der Waals surface area (Å²) in [6.45, 7) is 2.59. The first kappa shape index (κ1) is 17.0. The largest absolute Gasteiger partial charge is 0.480 e. The first-order chi connectivity index (χ1) is 12.5. The first-order valence-electron chi connectivity index (χ1n) is 8.76. The van der Waals surface area contributed by atoms with Crippen molar-refractivity contribution >= 4 is 22.9 Å². The second-order valence-electron chi connectivity index (χ2n) is 7.13. The maximum atomic E-state index is 13.1. The Balaban J connectivity index is 1.59. The Morgan fingerprint density at radius 3 is 2.88 bits per heavy atom. The number of aromatic nitrogens is 2. The van der Waals surface area contributed by atoms with Gasteiger partial charge in [-0.25, -0.2) is 4.98 Å². The Bertz CT molecular complexity index is 849. The number of carbonyl (C=O) groups excluding carboxylic acids is 1. The van der Waals surface area contributed by atoms with Crippen LogP contribution in [0.15, 0.2) is 24.4 Å². The molecule has 0 aromatic carbocycles. The minimum atomic E-state index is -0.855. The second-order valence-corrected chi connectivity index (χ2v) is 7.13. The van der Waals surface area contributed by atoms with E-state index < -0.39 is 5.97 Å². The van der Waals surface area contributed by atoms with Gasteiger partial charge in [-0.3, -0.25) is 14.5 Å². The number of rotatable bonds is 3. The molecule has 26 heavy (non-hydrogen) atoms. The Morgan fingerprint density at radius 1 is 1.23 bits per heavy atom. The van der Waals surface area contributed by atoms with E-state index in [0.717, 1.165) is 11.0 Å². The van der Waals surface area contributed by atoms with Crippen molar-refractivity contribution in [3.8, 4) is 0 Å². The van der Waals surface area contributed by atoms with Gasteiger partial charge < -0.3 is 19.3 Å². The van der Waals surface area contributed by atoms with Gasteiger partial charge in [0.2, 0.25) is 0 Å². The van der Waals surface area contributed by atoms with Gasteiger partial charge in [-0.15, -0.1) is 0 Å². The molecule has 1 amide bonds. The molecule has 138 valence electrons. The van der Waals surface area contributed by atoms with Gasteiger partial charge in [0.15, 0.2) is 0 Å². The molecule has 2 aromatic rings. The standard InChI is InChI=1S/C18H22N4O4/c1-20-5-4-13-2-3-15(19-17(13)20)18(25)22-7-12-6-21(9-16(23)24)14(8-22)11-26-10-12/h2-5,12,14H,6-11H2,1H3,(H,23,24)/t12-,14+/m1/s1. The van der Waals surface area contributed by atoms with Gasteiger partial charge in [0.1, 0.15) is 11.3 Å². The molecule has 0 aliphatic carbocycles. The summed E-state index contributed by atoms with van der Waals surface area (Å²) in [5.41, 5.74) is 1.20. The number of hydrogen-bond donors (Lipinski definition) is 1. The van der Waals surface area contributed by atoms with E-state index in [1.807, 2.05) is 34.8 Å². The van der Waals surface area contributed by atoms with E-state index in [0.29, 0.717) is 38.5 Å². The van der Waals surface area contributed by atoms with Crippen molar-refractivity contribution in [2.24, 2.45) is 13.0 Å². The number of carboxylic acids is 1. The number of aryl methyl sites for hydroxylation is 1. The summed E-state index contributed by atoms with van der Waals surface area (Å²) in [6, 6.07) is 5.53. The molecule has 8 heteroatoms. The maximum absolute atomic E-state index is 13.1. The average Bonchev–Trinajstić information content (AvgIpc) is 2.75. The normalized spacial score (nSPS) is 23.8. The molecule has 2 aromatic heterocycles. The number of amides is 1. The summed E-state index contributed by atoms with van der Waals surface area (Å²) in [5.74, 6) is -0.863. The lowest BCUT2D eigenvalue weighted by Crippen LogP contribution is -2.47. The smallest absolute Gasteiger partial charge is 0.317 e. The molecule has 0 radical (unpaired) electrons. The van der Waals surface area contributed by atoms with Crippen molar-refractivity contribution in [1.82, 2.24) is 19.4 Å². The molecule has 2 atom stereocenters. The summed E-state index contributed by atoms with van der Waals surface area (Å²) < 4.78 is 7.57. The van der Waals surface area contributed by atoms with Gasteiger partial charge in [-0.2, -0.15) is 0 Å². The quantitative estimate of drug-likeness (QED) is 0.856. The number of hydrogen-bond acceptors (Lipinski definition) is 5. The highest BCUT2D eigenvalue weighted by Gasteiger charge is 2.36. The number of carbonyl (C=O) groups is 2. The lowest BCUT2D eigenvalue weighted by atomic mass is 10.1. The highest BCUT2D eigenvalue weighted by atomic mass is 16.5. The SMILES string of the molecule is Cn1ccc2ccc(C(=O)N3C[C@@H]4COC[C@H](C3)N(CC(=O)O)C4)nc21. The van der Waals surface area contributed by atoms with Crippen molar-refractivity contribution in [2.45, 2.75) is 6.04 Å². The van der Waals surface area contributed by atoms with Gasteiger partial charge in [0.05, 0.1) is 25.8 Å². The van der Waals surface area contributed by atoms with E-state index in [4.69, 9.17) is 9.84 Å². The zero-order valence-corrected chi connectivity index (χ0v) is 14.7. The Labute approximate surface area is 151 Å². The number of ether oxygens (including phenoxy) is 1. The number of fused-ring (bicyclic) bond motifs is 4. The molecule has 8 nitrogen and oxygen atoms in total. The highest BCUT2D eigenvalue weighted by Crippen LogP contribution is 2.21. The van der Waals surface area contributed by atoms with E-state index in [2.05, 4.69) is 4.98 Å². The minimum absolute atomic E-state index is 0.0277. The van der Waals surface area contributed by atoms with E-state index in [-0.39, 0.29) is 24.4 Å². The zero-order chi connectivity index (χ0) is 18.3. The summed E-state index contributed by atoms with van der Waals surface area (Å²) >= 11 is 0. The second kappa shape index (κ2) is 6.69. The molecule has 2 aliphatic heterocycles. The number of carboxylic acid groups (broad SMARTS) is 1. The van der Waals surface area contributed by atoms with E-state index in [1.54, 1.807) is 11.0 Å². The Hall–Kier alpha value is -2.45. The molecule has 1 N–H and O–H groups in total. The summed E-state index contributed by atoms with van der Waals surface area (Å²) in [6.07, 6.45) is 1.92. The van der Waals surface area contributed by atoms with Crippen LogP contribution in [0.25, 0.3) is 11.0 Å². The van der Waals surface area contributed by atoms with Crippen LogP contribution in [0.5, 0.6) is 0 Å². The molecule has 2 fully saturated rings. The molecule has 0 unspecified atom stereocenters. The summed E-state index contributed by atoms with van der Waals surface area (Å²) in [4.78, 5) is 32.5. The van der Waals surface area contributed by atoms with Crippen LogP contribution in [-0.4, -0.2) is 81.8 Å².